The van der Waals surface area contributed by atoms with Gasteiger partial charge in [0, 0.05) is 19.3 Å². The van der Waals surface area contributed by atoms with E-state index in [2.05, 4.69) is 14.9 Å². The molecule has 0 radical (unpaired) electrons. The summed E-state index contributed by atoms with van der Waals surface area (Å²) < 4.78 is 0. The van der Waals surface area contributed by atoms with Gasteiger partial charge in [0.1, 0.15) is 5.69 Å². The quantitative estimate of drug-likeness (QED) is 0.593. The number of piperidine rings is 1. The van der Waals surface area contributed by atoms with Crippen LogP contribution in [0, 0.1) is 0 Å². The third-order valence-corrected chi connectivity index (χ3v) is 2.53. The molecule has 1 N–H and O–H groups in total. The molecule has 0 bridgehead atoms. The lowest BCUT2D eigenvalue weighted by Gasteiger charge is -2.23. The van der Waals surface area contributed by atoms with Crippen molar-refractivity contribution in [2.45, 2.75) is 19.3 Å². The lowest BCUT2D eigenvalue weighted by atomic mass is 10.1. The van der Waals surface area contributed by atoms with E-state index in [1.54, 1.807) is 12.3 Å². The van der Waals surface area contributed by atoms with Crippen LogP contribution >= 0.6 is 0 Å². The standard InChI is InChI=1S/C11H15N3O/c15-11-8-12-5-4-10(11)13-9-14-6-2-1-3-7-14/h4-5,8-9,15H,1-3,6-7H2/b13-9+. The summed E-state index contributed by atoms with van der Waals surface area (Å²) in [5.41, 5.74) is 0.579. The predicted octanol–water partition coefficient (Wildman–Crippen LogP) is 1.93. The topological polar surface area (TPSA) is 48.7 Å². The van der Waals surface area contributed by atoms with E-state index >= 15 is 0 Å². The molecule has 0 atom stereocenters. The molecule has 0 amide bonds. The molecular weight excluding hydrogens is 190 g/mol. The maximum atomic E-state index is 9.45. The highest BCUT2D eigenvalue weighted by molar-refractivity contribution is 5.64. The first-order valence-corrected chi connectivity index (χ1v) is 5.27. The molecule has 1 saturated heterocycles. The molecule has 0 aromatic carbocycles. The van der Waals surface area contributed by atoms with Gasteiger partial charge in [-0.3, -0.25) is 4.98 Å². The minimum atomic E-state index is 0.130. The Morgan fingerprint density at radius 1 is 1.33 bits per heavy atom. The number of nitrogens with zero attached hydrogens (tertiary/aromatic N) is 3. The number of hydrogen-bond donors (Lipinski definition) is 1. The van der Waals surface area contributed by atoms with Crippen LogP contribution in [0.3, 0.4) is 0 Å². The number of aromatic hydroxyl groups is 1. The zero-order chi connectivity index (χ0) is 10.5. The first-order chi connectivity index (χ1) is 7.36. The molecule has 1 fully saturated rings. The molecule has 80 valence electrons. The van der Waals surface area contributed by atoms with Crippen molar-refractivity contribution in [2.75, 3.05) is 13.1 Å². The number of pyridine rings is 1. The molecule has 1 aromatic heterocycles. The molecule has 1 aliphatic heterocycles. The van der Waals surface area contributed by atoms with Crippen molar-refractivity contribution in [3.05, 3.63) is 18.5 Å². The highest BCUT2D eigenvalue weighted by atomic mass is 16.3. The SMILES string of the molecule is Oc1cnccc1/N=C/N1CCCCC1. The average molecular weight is 205 g/mol. The zero-order valence-electron chi connectivity index (χ0n) is 8.63. The van der Waals surface area contributed by atoms with Gasteiger partial charge in [0.25, 0.3) is 0 Å². The Labute approximate surface area is 89.3 Å². The zero-order valence-corrected chi connectivity index (χ0v) is 8.63. The minimum Gasteiger partial charge on any atom is -0.504 e. The summed E-state index contributed by atoms with van der Waals surface area (Å²) in [5, 5.41) is 9.45. The summed E-state index contributed by atoms with van der Waals surface area (Å²) in [6.07, 6.45) is 8.62. The molecule has 0 unspecified atom stereocenters. The van der Waals surface area contributed by atoms with Gasteiger partial charge in [0.15, 0.2) is 5.75 Å². The second kappa shape index (κ2) is 4.77. The summed E-state index contributed by atoms with van der Waals surface area (Å²) in [5.74, 6) is 0.130. The van der Waals surface area contributed by atoms with Gasteiger partial charge in [-0.2, -0.15) is 0 Å². The van der Waals surface area contributed by atoms with E-state index in [4.69, 9.17) is 0 Å². The molecule has 0 saturated carbocycles. The monoisotopic (exact) mass is 205 g/mol. The lowest BCUT2D eigenvalue weighted by molar-refractivity contribution is 0.351. The lowest BCUT2D eigenvalue weighted by Crippen LogP contribution is -2.27. The van der Waals surface area contributed by atoms with Crippen molar-refractivity contribution in [1.82, 2.24) is 9.88 Å². The van der Waals surface area contributed by atoms with E-state index in [1.165, 1.54) is 25.5 Å². The maximum Gasteiger partial charge on any atom is 0.159 e. The van der Waals surface area contributed by atoms with Crippen LogP contribution in [-0.2, 0) is 0 Å². The number of rotatable bonds is 2. The van der Waals surface area contributed by atoms with Gasteiger partial charge in [0.05, 0.1) is 12.5 Å². The van der Waals surface area contributed by atoms with E-state index in [0.717, 1.165) is 13.1 Å². The smallest absolute Gasteiger partial charge is 0.159 e. The van der Waals surface area contributed by atoms with Gasteiger partial charge < -0.3 is 10.0 Å². The fourth-order valence-corrected chi connectivity index (χ4v) is 1.67. The fourth-order valence-electron chi connectivity index (χ4n) is 1.67. The van der Waals surface area contributed by atoms with Gasteiger partial charge in [-0.1, -0.05) is 0 Å². The van der Waals surface area contributed by atoms with Crippen LogP contribution in [0.2, 0.25) is 0 Å². The Bertz CT molecular complexity index is 345. The summed E-state index contributed by atoms with van der Waals surface area (Å²) in [6, 6.07) is 1.70. The van der Waals surface area contributed by atoms with Crippen LogP contribution in [0.25, 0.3) is 0 Å². The molecule has 4 nitrogen and oxygen atoms in total. The molecule has 1 aromatic rings. The van der Waals surface area contributed by atoms with Crippen LogP contribution < -0.4 is 0 Å². The Morgan fingerprint density at radius 3 is 2.87 bits per heavy atom. The Morgan fingerprint density at radius 2 is 2.13 bits per heavy atom. The van der Waals surface area contributed by atoms with Crippen LogP contribution in [-0.4, -0.2) is 34.4 Å². The Kier molecular flexibility index (Phi) is 3.17. The third kappa shape index (κ3) is 2.68. The first kappa shape index (κ1) is 9.96. The van der Waals surface area contributed by atoms with Gasteiger partial charge in [-0.05, 0) is 25.3 Å². The highest BCUT2D eigenvalue weighted by Crippen LogP contribution is 2.23. The summed E-state index contributed by atoms with van der Waals surface area (Å²) in [6.45, 7) is 2.13. The summed E-state index contributed by atoms with van der Waals surface area (Å²) in [7, 11) is 0. The maximum absolute atomic E-state index is 9.45. The molecule has 1 aliphatic rings. The molecule has 15 heavy (non-hydrogen) atoms. The van der Waals surface area contributed by atoms with E-state index in [1.807, 2.05) is 6.34 Å². The molecule has 4 heteroatoms. The van der Waals surface area contributed by atoms with Crippen LogP contribution in [0.1, 0.15) is 19.3 Å². The van der Waals surface area contributed by atoms with Crippen LogP contribution in [0.5, 0.6) is 5.75 Å². The van der Waals surface area contributed by atoms with E-state index in [-0.39, 0.29) is 5.75 Å². The summed E-state index contributed by atoms with van der Waals surface area (Å²) >= 11 is 0. The second-order valence-corrected chi connectivity index (χ2v) is 3.71. The molecule has 0 spiro atoms. The Balaban J connectivity index is 2.01. The average Bonchev–Trinajstić information content (AvgIpc) is 2.29. The van der Waals surface area contributed by atoms with Crippen molar-refractivity contribution in [2.24, 2.45) is 4.99 Å². The van der Waals surface area contributed by atoms with Crippen molar-refractivity contribution in [3.8, 4) is 5.75 Å². The van der Waals surface area contributed by atoms with Crippen LogP contribution in [0.15, 0.2) is 23.5 Å². The Hall–Kier alpha value is -1.58. The predicted molar refractivity (Wildman–Crippen MR) is 59.5 cm³/mol. The number of aromatic nitrogens is 1. The van der Waals surface area contributed by atoms with Crippen LogP contribution in [0.4, 0.5) is 5.69 Å². The molecule has 2 heterocycles. The molecular formula is C11H15N3O. The third-order valence-electron chi connectivity index (χ3n) is 2.53. The van der Waals surface area contributed by atoms with Gasteiger partial charge >= 0.3 is 0 Å². The molecule has 2 rings (SSSR count). The minimum absolute atomic E-state index is 0.130. The number of hydrogen-bond acceptors (Lipinski definition) is 3. The van der Waals surface area contributed by atoms with E-state index in [0.29, 0.717) is 5.69 Å². The van der Waals surface area contributed by atoms with E-state index in [9.17, 15) is 5.11 Å². The molecule has 0 aliphatic carbocycles. The van der Waals surface area contributed by atoms with Crippen molar-refractivity contribution in [3.63, 3.8) is 0 Å². The second-order valence-electron chi connectivity index (χ2n) is 3.71. The van der Waals surface area contributed by atoms with Gasteiger partial charge in [-0.25, -0.2) is 4.99 Å². The van der Waals surface area contributed by atoms with Crippen molar-refractivity contribution in [1.29, 1.82) is 0 Å². The number of likely N-dealkylation sites (tertiary alicyclic amines) is 1. The van der Waals surface area contributed by atoms with Crippen molar-refractivity contribution < 1.29 is 5.11 Å². The largest absolute Gasteiger partial charge is 0.504 e. The number of aliphatic imine (C=N–C) groups is 1. The van der Waals surface area contributed by atoms with E-state index < -0.39 is 0 Å². The fraction of sp³-hybridized carbons (Fsp3) is 0.455. The van der Waals surface area contributed by atoms with Gasteiger partial charge in [-0.15, -0.1) is 0 Å². The van der Waals surface area contributed by atoms with Crippen molar-refractivity contribution >= 4 is 12.0 Å². The highest BCUT2D eigenvalue weighted by Gasteiger charge is 2.06. The van der Waals surface area contributed by atoms with Gasteiger partial charge in [0.2, 0.25) is 0 Å². The summed E-state index contributed by atoms with van der Waals surface area (Å²) in [4.78, 5) is 10.2. The normalized spacial score (nSPS) is 17.2. The first-order valence-electron chi connectivity index (χ1n) is 5.27.